The molecule has 0 aliphatic heterocycles. The molecule has 0 saturated carbocycles. The molecular formula is C17H25F3N2O2. The fourth-order valence-corrected chi connectivity index (χ4v) is 2.35. The first-order chi connectivity index (χ1) is 11.1. The van der Waals surface area contributed by atoms with Crippen LogP contribution in [0, 0.1) is 6.92 Å². The number of hydrogen-bond donors (Lipinski definition) is 1. The Hall–Kier alpha value is -1.76. The van der Waals surface area contributed by atoms with Crippen molar-refractivity contribution in [2.45, 2.75) is 44.9 Å². The normalized spacial score (nSPS) is 14.7. The standard InChI is InChI=1S/C17H25F3N2O2/c1-6-7-8-16(23,17(18,19)20)13-9-12(2)14(10-15(13)24-5)21-11-22(3)4/h9-11,23H,6-8H2,1-5H3/b21-11+. The number of aliphatic hydroxyl groups is 1. The van der Waals surface area contributed by atoms with E-state index in [-0.39, 0.29) is 17.7 Å². The van der Waals surface area contributed by atoms with E-state index in [9.17, 15) is 18.3 Å². The number of hydrogen-bond acceptors (Lipinski definition) is 3. The fourth-order valence-electron chi connectivity index (χ4n) is 2.35. The summed E-state index contributed by atoms with van der Waals surface area (Å²) in [5.74, 6) is -0.0255. The van der Waals surface area contributed by atoms with Gasteiger partial charge in [-0.25, -0.2) is 4.99 Å². The maximum absolute atomic E-state index is 13.6. The second-order valence-corrected chi connectivity index (χ2v) is 6.01. The van der Waals surface area contributed by atoms with Gasteiger partial charge in [-0.1, -0.05) is 19.8 Å². The third-order valence-electron chi connectivity index (χ3n) is 3.75. The molecule has 0 aromatic heterocycles. The van der Waals surface area contributed by atoms with Gasteiger partial charge in [-0.2, -0.15) is 13.2 Å². The highest BCUT2D eigenvalue weighted by molar-refractivity contribution is 5.65. The molecule has 0 amide bonds. The second-order valence-electron chi connectivity index (χ2n) is 6.01. The Morgan fingerprint density at radius 3 is 2.38 bits per heavy atom. The third kappa shape index (κ3) is 4.41. The number of methoxy groups -OCH3 is 1. The van der Waals surface area contributed by atoms with Gasteiger partial charge >= 0.3 is 6.18 Å². The molecule has 0 spiro atoms. The van der Waals surface area contributed by atoms with Gasteiger partial charge in [0, 0.05) is 25.7 Å². The molecule has 0 aliphatic carbocycles. The van der Waals surface area contributed by atoms with E-state index in [1.54, 1.807) is 39.2 Å². The predicted molar refractivity (Wildman–Crippen MR) is 89.0 cm³/mol. The van der Waals surface area contributed by atoms with Gasteiger partial charge in [-0.05, 0) is 25.0 Å². The van der Waals surface area contributed by atoms with Crippen molar-refractivity contribution < 1.29 is 23.0 Å². The second kappa shape index (κ2) is 7.88. The van der Waals surface area contributed by atoms with Gasteiger partial charge in [-0.15, -0.1) is 0 Å². The third-order valence-corrected chi connectivity index (χ3v) is 3.75. The number of alkyl halides is 3. The molecule has 1 unspecified atom stereocenters. The zero-order valence-electron chi connectivity index (χ0n) is 14.7. The van der Waals surface area contributed by atoms with Crippen molar-refractivity contribution in [1.29, 1.82) is 0 Å². The van der Waals surface area contributed by atoms with E-state index < -0.39 is 18.2 Å². The van der Waals surface area contributed by atoms with E-state index in [1.165, 1.54) is 19.2 Å². The quantitative estimate of drug-likeness (QED) is 0.595. The lowest BCUT2D eigenvalue weighted by atomic mass is 9.86. The van der Waals surface area contributed by atoms with Crippen LogP contribution in [0.5, 0.6) is 5.75 Å². The molecule has 1 N–H and O–H groups in total. The minimum Gasteiger partial charge on any atom is -0.496 e. The van der Waals surface area contributed by atoms with Crippen LogP contribution in [-0.4, -0.2) is 43.7 Å². The SMILES string of the molecule is CCCCC(O)(c1cc(C)c(/N=C/N(C)C)cc1OC)C(F)(F)F. The predicted octanol–water partition coefficient (Wildman–Crippen LogP) is 4.17. The van der Waals surface area contributed by atoms with Gasteiger partial charge in [0.15, 0.2) is 5.60 Å². The van der Waals surface area contributed by atoms with Crippen molar-refractivity contribution in [3.05, 3.63) is 23.3 Å². The van der Waals surface area contributed by atoms with Gasteiger partial charge in [0.1, 0.15) is 5.75 Å². The topological polar surface area (TPSA) is 45.1 Å². The summed E-state index contributed by atoms with van der Waals surface area (Å²) < 4.78 is 45.8. The van der Waals surface area contributed by atoms with Gasteiger partial charge < -0.3 is 14.7 Å². The Morgan fingerprint density at radius 2 is 1.92 bits per heavy atom. The Labute approximate surface area is 141 Å². The largest absolute Gasteiger partial charge is 0.496 e. The van der Waals surface area contributed by atoms with Crippen LogP contribution in [0.25, 0.3) is 0 Å². The van der Waals surface area contributed by atoms with Crippen LogP contribution in [0.2, 0.25) is 0 Å². The molecule has 1 aromatic rings. The van der Waals surface area contributed by atoms with Crippen LogP contribution in [0.15, 0.2) is 17.1 Å². The highest BCUT2D eigenvalue weighted by atomic mass is 19.4. The fraction of sp³-hybridized carbons (Fsp3) is 0.588. The highest BCUT2D eigenvalue weighted by Gasteiger charge is 2.55. The molecule has 24 heavy (non-hydrogen) atoms. The van der Waals surface area contributed by atoms with Crippen LogP contribution in [0.1, 0.15) is 37.3 Å². The first kappa shape index (κ1) is 20.3. The molecule has 1 aromatic carbocycles. The molecule has 0 fully saturated rings. The van der Waals surface area contributed by atoms with Crippen LogP contribution >= 0.6 is 0 Å². The molecule has 0 radical (unpaired) electrons. The summed E-state index contributed by atoms with van der Waals surface area (Å²) in [6.45, 7) is 3.43. The summed E-state index contributed by atoms with van der Waals surface area (Å²) in [6.07, 6.45) is -2.86. The first-order valence-electron chi connectivity index (χ1n) is 7.75. The Bertz CT molecular complexity index is 586. The first-order valence-corrected chi connectivity index (χ1v) is 7.75. The van der Waals surface area contributed by atoms with Gasteiger partial charge in [-0.3, -0.25) is 0 Å². The Kier molecular flexibility index (Phi) is 6.66. The minimum atomic E-state index is -4.80. The van der Waals surface area contributed by atoms with Crippen LogP contribution < -0.4 is 4.74 Å². The van der Waals surface area contributed by atoms with Crippen molar-refractivity contribution in [3.8, 4) is 5.75 Å². The van der Waals surface area contributed by atoms with Gasteiger partial charge in [0.25, 0.3) is 0 Å². The monoisotopic (exact) mass is 346 g/mol. The van der Waals surface area contributed by atoms with E-state index >= 15 is 0 Å². The zero-order chi connectivity index (χ0) is 18.5. The van der Waals surface area contributed by atoms with Crippen molar-refractivity contribution >= 4 is 12.0 Å². The van der Waals surface area contributed by atoms with E-state index in [1.807, 2.05) is 0 Å². The molecular weight excluding hydrogens is 321 g/mol. The summed E-state index contributed by atoms with van der Waals surface area (Å²) >= 11 is 0. The van der Waals surface area contributed by atoms with Crippen LogP contribution in [0.4, 0.5) is 18.9 Å². The summed E-state index contributed by atoms with van der Waals surface area (Å²) in [5, 5.41) is 10.4. The maximum atomic E-state index is 13.6. The lowest BCUT2D eigenvalue weighted by molar-refractivity contribution is -0.270. The summed E-state index contributed by atoms with van der Waals surface area (Å²) in [7, 11) is 4.86. The molecule has 0 heterocycles. The molecule has 4 nitrogen and oxygen atoms in total. The van der Waals surface area contributed by atoms with Crippen LogP contribution in [-0.2, 0) is 5.60 Å². The van der Waals surface area contributed by atoms with Crippen LogP contribution in [0.3, 0.4) is 0 Å². The highest BCUT2D eigenvalue weighted by Crippen LogP contribution is 2.47. The number of halogens is 3. The Balaban J connectivity index is 3.47. The summed E-state index contributed by atoms with van der Waals surface area (Å²) in [5.41, 5.74) is -2.19. The number of ether oxygens (including phenoxy) is 1. The minimum absolute atomic E-state index is 0.0255. The van der Waals surface area contributed by atoms with Gasteiger partial charge in [0.05, 0.1) is 19.1 Å². The number of unbranched alkanes of at least 4 members (excludes halogenated alkanes) is 1. The average molecular weight is 346 g/mol. The average Bonchev–Trinajstić information content (AvgIpc) is 2.49. The van der Waals surface area contributed by atoms with E-state index in [0.29, 0.717) is 17.7 Å². The van der Waals surface area contributed by atoms with E-state index in [2.05, 4.69) is 4.99 Å². The van der Waals surface area contributed by atoms with Gasteiger partial charge in [0.2, 0.25) is 0 Å². The number of nitrogens with zero attached hydrogens (tertiary/aromatic N) is 2. The van der Waals surface area contributed by atoms with Crippen molar-refractivity contribution in [2.24, 2.45) is 4.99 Å². The van der Waals surface area contributed by atoms with Crippen molar-refractivity contribution in [1.82, 2.24) is 4.90 Å². The summed E-state index contributed by atoms with van der Waals surface area (Å²) in [4.78, 5) is 5.93. The van der Waals surface area contributed by atoms with Crippen molar-refractivity contribution in [3.63, 3.8) is 0 Å². The Morgan fingerprint density at radius 1 is 1.29 bits per heavy atom. The molecule has 136 valence electrons. The molecule has 1 rings (SSSR count). The molecule has 0 aliphatic rings. The zero-order valence-corrected chi connectivity index (χ0v) is 14.7. The number of rotatable bonds is 7. The van der Waals surface area contributed by atoms with E-state index in [0.717, 1.165) is 0 Å². The number of aliphatic imine (C=N–C) groups is 1. The number of benzene rings is 1. The van der Waals surface area contributed by atoms with Crippen molar-refractivity contribution in [2.75, 3.05) is 21.2 Å². The maximum Gasteiger partial charge on any atom is 0.421 e. The molecule has 7 heteroatoms. The molecule has 0 bridgehead atoms. The lowest BCUT2D eigenvalue weighted by Crippen LogP contribution is -2.42. The molecule has 0 saturated heterocycles. The summed E-state index contributed by atoms with van der Waals surface area (Å²) in [6, 6.07) is 2.73. The lowest BCUT2D eigenvalue weighted by Gasteiger charge is -2.32. The molecule has 1 atom stereocenters. The number of aryl methyl sites for hydroxylation is 1. The smallest absolute Gasteiger partial charge is 0.421 e. The van der Waals surface area contributed by atoms with E-state index in [4.69, 9.17) is 4.74 Å².